The third-order valence-corrected chi connectivity index (χ3v) is 2.64. The van der Waals surface area contributed by atoms with Crippen molar-refractivity contribution >= 4 is 0 Å². The van der Waals surface area contributed by atoms with E-state index in [1.54, 1.807) is 5.10 Å². The number of aromatic amines is 1. The number of nitrogens with one attached hydrogen (secondary N) is 1. The van der Waals surface area contributed by atoms with E-state index < -0.39 is 46.1 Å². The average molecular weight is 296 g/mol. The van der Waals surface area contributed by atoms with Gasteiger partial charge >= 0.3 is 6.18 Å². The average Bonchev–Trinajstić information content (AvgIpc) is 2.61. The van der Waals surface area contributed by atoms with Crippen molar-refractivity contribution in [3.8, 4) is 5.69 Å². The predicted molar refractivity (Wildman–Crippen MR) is 56.0 cm³/mol. The molecule has 0 aliphatic rings. The lowest BCUT2D eigenvalue weighted by Gasteiger charge is -2.06. The molecule has 1 N–H and O–H groups in total. The number of alkyl halides is 3. The molecule has 0 amide bonds. The first-order chi connectivity index (χ1) is 9.12. The zero-order valence-electron chi connectivity index (χ0n) is 9.78. The molecule has 2 rings (SSSR count). The van der Waals surface area contributed by atoms with Crippen LogP contribution in [0.1, 0.15) is 11.3 Å². The lowest BCUT2D eigenvalue weighted by Crippen LogP contribution is -2.17. The molecular formula is C11H6F6N2O. The minimum atomic E-state index is -4.86. The van der Waals surface area contributed by atoms with Gasteiger partial charge in [-0.05, 0) is 6.92 Å². The minimum absolute atomic E-state index is 0.139. The summed E-state index contributed by atoms with van der Waals surface area (Å²) in [5.74, 6) is -4.38. The molecule has 0 spiro atoms. The third kappa shape index (κ3) is 2.19. The van der Waals surface area contributed by atoms with Gasteiger partial charge in [-0.3, -0.25) is 9.89 Å². The highest BCUT2D eigenvalue weighted by Crippen LogP contribution is 2.29. The summed E-state index contributed by atoms with van der Waals surface area (Å²) in [5.41, 5.74) is -4.14. The van der Waals surface area contributed by atoms with Crippen LogP contribution in [0.25, 0.3) is 5.69 Å². The summed E-state index contributed by atoms with van der Waals surface area (Å²) < 4.78 is 77.2. The smallest absolute Gasteiger partial charge is 0.286 e. The number of aromatic nitrogens is 2. The number of H-pyrrole nitrogens is 1. The highest BCUT2D eigenvalue weighted by molar-refractivity contribution is 5.36. The molecule has 0 fully saturated rings. The van der Waals surface area contributed by atoms with Gasteiger partial charge in [-0.25, -0.2) is 17.9 Å². The van der Waals surface area contributed by atoms with Gasteiger partial charge in [0.15, 0.2) is 17.5 Å². The molecule has 1 aromatic heterocycles. The SMILES string of the molecule is Cc1c(C(F)(F)F)[nH]n(-c2cc(F)c(F)cc2F)c1=O. The van der Waals surface area contributed by atoms with Crippen molar-refractivity contribution < 1.29 is 26.3 Å². The molecule has 0 aliphatic heterocycles. The molecule has 0 saturated heterocycles. The van der Waals surface area contributed by atoms with Crippen LogP contribution in [-0.4, -0.2) is 9.78 Å². The second-order valence-electron chi connectivity index (χ2n) is 3.97. The van der Waals surface area contributed by atoms with E-state index in [9.17, 15) is 31.1 Å². The Kier molecular flexibility index (Phi) is 3.15. The molecule has 108 valence electrons. The summed E-state index contributed by atoms with van der Waals surface area (Å²) in [6.45, 7) is 0.885. The van der Waals surface area contributed by atoms with E-state index in [0.29, 0.717) is 6.07 Å². The van der Waals surface area contributed by atoms with Gasteiger partial charge in [-0.15, -0.1) is 0 Å². The number of benzene rings is 1. The van der Waals surface area contributed by atoms with Crippen LogP contribution < -0.4 is 5.56 Å². The fourth-order valence-electron chi connectivity index (χ4n) is 1.65. The van der Waals surface area contributed by atoms with Crippen molar-refractivity contribution in [1.29, 1.82) is 0 Å². The monoisotopic (exact) mass is 296 g/mol. The van der Waals surface area contributed by atoms with Gasteiger partial charge < -0.3 is 0 Å². The second-order valence-corrected chi connectivity index (χ2v) is 3.97. The van der Waals surface area contributed by atoms with Gasteiger partial charge in [0.1, 0.15) is 11.4 Å². The predicted octanol–water partition coefficient (Wildman–Crippen LogP) is 2.91. The number of hydrogen-bond acceptors (Lipinski definition) is 1. The Morgan fingerprint density at radius 2 is 1.60 bits per heavy atom. The van der Waals surface area contributed by atoms with Crippen molar-refractivity contribution in [2.24, 2.45) is 0 Å². The molecule has 1 heterocycles. The Hall–Kier alpha value is -2.19. The number of rotatable bonds is 1. The number of nitrogens with zero attached hydrogens (tertiary/aromatic N) is 1. The summed E-state index contributed by atoms with van der Waals surface area (Å²) in [5, 5.41) is 1.64. The maximum atomic E-state index is 13.5. The van der Waals surface area contributed by atoms with Crippen LogP contribution in [0, 0.1) is 24.4 Å². The maximum Gasteiger partial charge on any atom is 0.433 e. The van der Waals surface area contributed by atoms with E-state index in [1.165, 1.54) is 0 Å². The first kappa shape index (κ1) is 14.2. The van der Waals surface area contributed by atoms with Crippen molar-refractivity contribution in [2.45, 2.75) is 13.1 Å². The van der Waals surface area contributed by atoms with Crippen LogP contribution in [0.4, 0.5) is 26.3 Å². The van der Waals surface area contributed by atoms with Crippen molar-refractivity contribution in [1.82, 2.24) is 9.78 Å². The Balaban J connectivity index is 2.72. The topological polar surface area (TPSA) is 37.8 Å². The Morgan fingerprint density at radius 1 is 1.05 bits per heavy atom. The van der Waals surface area contributed by atoms with Crippen molar-refractivity contribution in [3.05, 3.63) is 51.2 Å². The summed E-state index contributed by atoms with van der Waals surface area (Å²) in [7, 11) is 0. The highest BCUT2D eigenvalue weighted by Gasteiger charge is 2.36. The van der Waals surface area contributed by atoms with E-state index in [-0.39, 0.29) is 10.7 Å². The molecule has 0 saturated carbocycles. The molecule has 0 bridgehead atoms. The third-order valence-electron chi connectivity index (χ3n) is 2.64. The van der Waals surface area contributed by atoms with Gasteiger partial charge in [-0.2, -0.15) is 13.2 Å². The van der Waals surface area contributed by atoms with Gasteiger partial charge in [0.05, 0.1) is 0 Å². The van der Waals surface area contributed by atoms with Crippen LogP contribution in [-0.2, 0) is 6.18 Å². The van der Waals surface area contributed by atoms with Crippen LogP contribution in [0.3, 0.4) is 0 Å². The van der Waals surface area contributed by atoms with Gasteiger partial charge in [-0.1, -0.05) is 0 Å². The molecule has 0 atom stereocenters. The lowest BCUT2D eigenvalue weighted by atomic mass is 10.2. The fraction of sp³-hybridized carbons (Fsp3) is 0.182. The summed E-state index contributed by atoms with van der Waals surface area (Å²) in [6, 6.07) is 0.433. The molecule has 0 radical (unpaired) electrons. The minimum Gasteiger partial charge on any atom is -0.286 e. The van der Waals surface area contributed by atoms with E-state index in [2.05, 4.69) is 0 Å². The molecule has 3 nitrogen and oxygen atoms in total. The van der Waals surface area contributed by atoms with Crippen LogP contribution in [0.15, 0.2) is 16.9 Å². The lowest BCUT2D eigenvalue weighted by molar-refractivity contribution is -0.141. The van der Waals surface area contributed by atoms with E-state index >= 15 is 0 Å². The van der Waals surface area contributed by atoms with Crippen LogP contribution in [0.5, 0.6) is 0 Å². The van der Waals surface area contributed by atoms with Crippen LogP contribution in [0.2, 0.25) is 0 Å². The molecule has 0 aliphatic carbocycles. The van der Waals surface area contributed by atoms with Gasteiger partial charge in [0.2, 0.25) is 0 Å². The Bertz CT molecular complexity index is 728. The van der Waals surface area contributed by atoms with Crippen molar-refractivity contribution in [2.75, 3.05) is 0 Å². The molecule has 20 heavy (non-hydrogen) atoms. The Labute approximate surface area is 107 Å². The highest BCUT2D eigenvalue weighted by atomic mass is 19.4. The van der Waals surface area contributed by atoms with E-state index in [1.807, 2.05) is 0 Å². The maximum absolute atomic E-state index is 13.5. The summed E-state index contributed by atoms with van der Waals surface area (Å²) in [6.07, 6.45) is -4.86. The van der Waals surface area contributed by atoms with Crippen LogP contribution >= 0.6 is 0 Å². The second kappa shape index (κ2) is 4.43. The van der Waals surface area contributed by atoms with E-state index in [4.69, 9.17) is 0 Å². The fourth-order valence-corrected chi connectivity index (χ4v) is 1.65. The summed E-state index contributed by atoms with van der Waals surface area (Å²) in [4.78, 5) is 11.6. The number of hydrogen-bond donors (Lipinski definition) is 1. The van der Waals surface area contributed by atoms with Gasteiger partial charge in [0, 0.05) is 17.7 Å². The largest absolute Gasteiger partial charge is 0.433 e. The Morgan fingerprint density at radius 3 is 2.10 bits per heavy atom. The zero-order chi connectivity index (χ0) is 15.2. The van der Waals surface area contributed by atoms with Gasteiger partial charge in [0.25, 0.3) is 5.56 Å². The molecular weight excluding hydrogens is 290 g/mol. The first-order valence-corrected chi connectivity index (χ1v) is 5.16. The normalized spacial score (nSPS) is 11.9. The van der Waals surface area contributed by atoms with E-state index in [0.717, 1.165) is 6.92 Å². The zero-order valence-corrected chi connectivity index (χ0v) is 9.78. The first-order valence-electron chi connectivity index (χ1n) is 5.16. The quantitative estimate of drug-likeness (QED) is 0.637. The molecule has 2 aromatic rings. The molecule has 9 heteroatoms. The summed E-state index contributed by atoms with van der Waals surface area (Å²) >= 11 is 0. The molecule has 0 unspecified atom stereocenters. The van der Waals surface area contributed by atoms with Crippen molar-refractivity contribution in [3.63, 3.8) is 0 Å². The number of halogens is 6. The standard InChI is InChI=1S/C11H6F6N2O/c1-4-9(11(15,16)17)18-19(10(4)20)8-3-6(13)5(12)2-7(8)14/h2-3,18H,1H3. The molecule has 1 aromatic carbocycles.